The topological polar surface area (TPSA) is 124 Å². The molecule has 1 fully saturated rings. The van der Waals surface area contributed by atoms with Crippen LogP contribution in [0, 0.1) is 41.4 Å². The Morgan fingerprint density at radius 1 is 0.918 bits per heavy atom. The van der Waals surface area contributed by atoms with Crippen LogP contribution in [0.4, 0.5) is 0 Å². The van der Waals surface area contributed by atoms with Crippen molar-refractivity contribution in [2.75, 3.05) is 12.3 Å². The summed E-state index contributed by atoms with van der Waals surface area (Å²) < 4.78 is 0. The second-order valence-corrected chi connectivity index (χ2v) is 17.2. The lowest BCUT2D eigenvalue weighted by molar-refractivity contribution is -0.139. The Morgan fingerprint density at radius 2 is 1.67 bits per heavy atom. The zero-order valence-electron chi connectivity index (χ0n) is 28.8. The first-order valence-corrected chi connectivity index (χ1v) is 21.0. The van der Waals surface area contributed by atoms with Crippen LogP contribution >= 0.6 is 21.6 Å². The van der Waals surface area contributed by atoms with Crippen LogP contribution in [0.5, 0.6) is 0 Å². The number of carboxylic acid groups (broad SMARTS) is 1. The first-order valence-electron chi connectivity index (χ1n) is 18.5. The van der Waals surface area contributed by atoms with Gasteiger partial charge in [0.25, 0.3) is 0 Å². The molecule has 0 amide bonds. The highest BCUT2D eigenvalue weighted by Gasteiger charge is 2.39. The van der Waals surface area contributed by atoms with E-state index in [1.807, 2.05) is 39.8 Å². The second-order valence-electron chi connectivity index (χ2n) is 14.7. The third kappa shape index (κ3) is 11.0. The molecule has 0 saturated heterocycles. The number of aliphatic hydroxyl groups excluding tert-OH is 3. The van der Waals surface area contributed by atoms with Crippen LogP contribution in [0.1, 0.15) is 80.0 Å². The molecule has 4 aliphatic rings. The zero-order chi connectivity index (χ0) is 34.6. The van der Waals surface area contributed by atoms with Gasteiger partial charge in [-0.3, -0.25) is 4.79 Å². The number of carbonyl (C=O) groups is 1. The molecule has 2 heterocycles. The molecular weight excluding hydrogens is 651 g/mol. The smallest absolute Gasteiger partial charge is 0.303 e. The second kappa shape index (κ2) is 19.5. The van der Waals surface area contributed by atoms with Crippen LogP contribution in [0.15, 0.2) is 72.8 Å². The minimum Gasteiger partial charge on any atom is -0.481 e. The summed E-state index contributed by atoms with van der Waals surface area (Å²) in [6, 6.07) is 16.9. The van der Waals surface area contributed by atoms with Crippen molar-refractivity contribution in [2.45, 2.75) is 95.2 Å². The number of aliphatic carboxylic acids is 1. The fraction of sp³-hybridized carbons (Fsp3) is 0.585. The molecule has 2 bridgehead atoms. The normalized spacial score (nSPS) is 28.2. The van der Waals surface area contributed by atoms with E-state index >= 15 is 0 Å². The summed E-state index contributed by atoms with van der Waals surface area (Å²) in [5, 5.41) is 42.0. The van der Waals surface area contributed by atoms with Gasteiger partial charge in [0, 0.05) is 17.9 Å². The Labute approximate surface area is 301 Å². The van der Waals surface area contributed by atoms with Crippen molar-refractivity contribution in [2.24, 2.45) is 47.2 Å². The molecule has 6 N–H and O–H groups in total. The van der Waals surface area contributed by atoms with Gasteiger partial charge in [-0.25, -0.2) is 0 Å². The predicted octanol–water partition coefficient (Wildman–Crippen LogP) is 7.59. The number of benzene rings is 2. The molecule has 0 spiro atoms. The van der Waals surface area contributed by atoms with Crippen LogP contribution < -0.4 is 5.73 Å². The molecule has 6 rings (SSSR count). The van der Waals surface area contributed by atoms with E-state index in [0.717, 1.165) is 74.9 Å². The first-order chi connectivity index (χ1) is 23.9. The Morgan fingerprint density at radius 3 is 2.43 bits per heavy atom. The fourth-order valence-electron chi connectivity index (χ4n) is 8.81. The highest BCUT2D eigenvalue weighted by atomic mass is 33.1. The molecule has 268 valence electrons. The lowest BCUT2D eigenvalue weighted by Crippen LogP contribution is -2.37. The third-order valence-electron chi connectivity index (χ3n) is 11.5. The van der Waals surface area contributed by atoms with Gasteiger partial charge in [-0.1, -0.05) is 114 Å². The van der Waals surface area contributed by atoms with Crippen molar-refractivity contribution < 1.29 is 25.2 Å². The van der Waals surface area contributed by atoms with Gasteiger partial charge in [-0.05, 0) is 115 Å². The van der Waals surface area contributed by atoms with Gasteiger partial charge in [-0.2, -0.15) is 0 Å². The summed E-state index contributed by atoms with van der Waals surface area (Å²) in [5.41, 5.74) is 11.0. The van der Waals surface area contributed by atoms with Crippen LogP contribution in [-0.4, -0.2) is 50.9 Å². The highest BCUT2D eigenvalue weighted by molar-refractivity contribution is 8.76. The number of aliphatic hydroxyl groups is 3. The molecule has 0 radical (unpaired) electrons. The monoisotopic (exact) mass is 707 g/mol. The molecule has 1 saturated carbocycles. The van der Waals surface area contributed by atoms with Gasteiger partial charge >= 0.3 is 5.97 Å². The van der Waals surface area contributed by atoms with Crippen molar-refractivity contribution >= 4 is 27.6 Å². The zero-order valence-corrected chi connectivity index (χ0v) is 30.5. The maximum absolute atomic E-state index is 12.3. The van der Waals surface area contributed by atoms with E-state index < -0.39 is 18.2 Å². The molecule has 6 nitrogen and oxygen atoms in total. The SMILES string of the molecule is NCCC1C2C=CC(Cc3ccccc3CSSCC(Cc3cccc(CO)c3)C(CC=CC(O)C(O)C3CCCCC3)C2)C1CC(=O)O. The van der Waals surface area contributed by atoms with E-state index in [4.69, 9.17) is 5.73 Å². The first kappa shape index (κ1) is 38.2. The average Bonchev–Trinajstić information content (AvgIpc) is 3.11. The Kier molecular flexibility index (Phi) is 15.2. The van der Waals surface area contributed by atoms with Gasteiger partial charge in [0.1, 0.15) is 0 Å². The van der Waals surface area contributed by atoms with Gasteiger partial charge in [0.15, 0.2) is 0 Å². The van der Waals surface area contributed by atoms with E-state index in [1.165, 1.54) is 23.1 Å². The van der Waals surface area contributed by atoms with Crippen LogP contribution in [0.3, 0.4) is 0 Å². The minimum atomic E-state index is -0.883. The quantitative estimate of drug-likeness (QED) is 0.113. The molecule has 8 unspecified atom stereocenters. The van der Waals surface area contributed by atoms with Crippen molar-refractivity contribution in [3.05, 3.63) is 95.1 Å². The standard InChI is InChI=1S/C41H57NO5S2/c42-19-18-37-33-16-17-34(38(37)24-40(45)46)22-31-12-4-5-13-35(31)26-48-49-27-36(21-28-8-6-9-29(20-28)25-43)32(23-33)14-7-15-39(44)41(47)30-10-2-1-3-11-30/h4-9,12-13,15-17,20,30,32-34,36-39,41,43-44,47H,1-3,10-11,14,18-19,21-27,42H2,(H,45,46). The van der Waals surface area contributed by atoms with Gasteiger partial charge in [-0.15, -0.1) is 0 Å². The summed E-state index contributed by atoms with van der Waals surface area (Å²) >= 11 is 0. The summed E-state index contributed by atoms with van der Waals surface area (Å²) in [4.78, 5) is 12.3. The lowest BCUT2D eigenvalue weighted by Gasteiger charge is -2.42. The van der Waals surface area contributed by atoms with E-state index in [1.54, 1.807) is 0 Å². The molecule has 8 atom stereocenters. The van der Waals surface area contributed by atoms with E-state index in [2.05, 4.69) is 54.6 Å². The van der Waals surface area contributed by atoms with Crippen LogP contribution in [-0.2, 0) is 30.0 Å². The maximum Gasteiger partial charge on any atom is 0.303 e. The van der Waals surface area contributed by atoms with Crippen molar-refractivity contribution in [1.82, 2.24) is 0 Å². The lowest BCUT2D eigenvalue weighted by atomic mass is 9.63. The molecule has 2 aliphatic heterocycles. The Balaban J connectivity index is 1.48. The summed E-state index contributed by atoms with van der Waals surface area (Å²) in [7, 11) is 3.82. The number of rotatable bonds is 12. The molecular formula is C41H57NO5S2. The van der Waals surface area contributed by atoms with E-state index in [-0.39, 0.29) is 48.5 Å². The van der Waals surface area contributed by atoms with Crippen molar-refractivity contribution in [3.8, 4) is 0 Å². The Bertz CT molecular complexity index is 1380. The number of carboxylic acids is 1. The van der Waals surface area contributed by atoms with E-state index in [9.17, 15) is 25.2 Å². The molecule has 2 aromatic carbocycles. The van der Waals surface area contributed by atoms with Crippen LogP contribution in [0.2, 0.25) is 0 Å². The highest BCUT2D eigenvalue weighted by Crippen LogP contribution is 2.46. The van der Waals surface area contributed by atoms with Crippen molar-refractivity contribution in [1.29, 1.82) is 0 Å². The summed E-state index contributed by atoms with van der Waals surface area (Å²) in [5.74, 6) is 2.29. The number of fused-ring (bicyclic) bond motifs is 7. The number of hydrogen-bond acceptors (Lipinski definition) is 7. The van der Waals surface area contributed by atoms with Gasteiger partial charge < -0.3 is 26.2 Å². The largest absolute Gasteiger partial charge is 0.481 e. The molecule has 49 heavy (non-hydrogen) atoms. The average molecular weight is 708 g/mol. The number of nitrogens with two attached hydrogens (primary N) is 1. The van der Waals surface area contributed by atoms with Gasteiger partial charge in [0.05, 0.1) is 18.8 Å². The van der Waals surface area contributed by atoms with Crippen molar-refractivity contribution in [3.63, 3.8) is 0 Å². The van der Waals surface area contributed by atoms with Gasteiger partial charge in [0.2, 0.25) is 0 Å². The summed E-state index contributed by atoms with van der Waals surface area (Å²) in [6.45, 7) is 0.532. The molecule has 8 heteroatoms. The summed E-state index contributed by atoms with van der Waals surface area (Å²) in [6.07, 6.45) is 16.6. The van der Waals surface area contributed by atoms with Crippen LogP contribution in [0.25, 0.3) is 0 Å². The number of hydrogen-bond donors (Lipinski definition) is 5. The molecule has 2 aromatic rings. The molecule has 2 aliphatic carbocycles. The third-order valence-corrected chi connectivity index (χ3v) is 13.9. The molecule has 0 aromatic heterocycles. The predicted molar refractivity (Wildman–Crippen MR) is 203 cm³/mol. The van der Waals surface area contributed by atoms with E-state index in [0.29, 0.717) is 12.5 Å². The minimum absolute atomic E-state index is 0.00239. The fourth-order valence-corrected chi connectivity index (χ4v) is 11.4. The maximum atomic E-state index is 12.3. The Hall–Kier alpha value is -2.07. The number of allylic oxidation sites excluding steroid dienone is 3.